The first-order chi connectivity index (χ1) is 10.1. The summed E-state index contributed by atoms with van der Waals surface area (Å²) in [5.74, 6) is -0.928. The molecule has 21 heavy (non-hydrogen) atoms. The highest BCUT2D eigenvalue weighted by Gasteiger charge is 2.24. The van der Waals surface area contributed by atoms with E-state index in [1.54, 1.807) is 12.1 Å². The van der Waals surface area contributed by atoms with Crippen LogP contribution in [-0.2, 0) is 13.0 Å². The van der Waals surface area contributed by atoms with Gasteiger partial charge in [0.1, 0.15) is 0 Å². The summed E-state index contributed by atoms with van der Waals surface area (Å²) in [5, 5.41) is 9.07. The minimum Gasteiger partial charge on any atom is -0.478 e. The lowest BCUT2D eigenvalue weighted by atomic mass is 9.97. The molecular formula is C16H22N2O3. The molecule has 0 aliphatic carbocycles. The maximum atomic E-state index is 12.5. The van der Waals surface area contributed by atoms with Crippen LogP contribution in [0.3, 0.4) is 0 Å². The molecule has 1 aliphatic rings. The zero-order valence-electron chi connectivity index (χ0n) is 12.6. The predicted molar refractivity (Wildman–Crippen MR) is 80.4 cm³/mol. The Bertz CT molecular complexity index is 542. The molecule has 0 saturated carbocycles. The minimum absolute atomic E-state index is 0.0470. The number of aromatic carboxylic acids is 1. The van der Waals surface area contributed by atoms with E-state index in [4.69, 9.17) is 5.11 Å². The average Bonchev–Trinajstić information content (AvgIpc) is 2.50. The average molecular weight is 290 g/mol. The van der Waals surface area contributed by atoms with Crippen molar-refractivity contribution >= 4 is 12.0 Å². The number of nitrogens with zero attached hydrogens (tertiary/aromatic N) is 2. The molecule has 0 fully saturated rings. The van der Waals surface area contributed by atoms with Crippen LogP contribution in [0.25, 0.3) is 0 Å². The minimum atomic E-state index is -0.928. The van der Waals surface area contributed by atoms with Crippen molar-refractivity contribution in [2.75, 3.05) is 19.6 Å². The Balaban J connectivity index is 2.15. The SMILES string of the molecule is CCCN(CC)C(=O)N1CCc2ccc(C(=O)O)cc2C1. The molecule has 0 unspecified atom stereocenters. The second-order valence-corrected chi connectivity index (χ2v) is 5.32. The molecule has 0 aromatic heterocycles. The number of amides is 2. The summed E-state index contributed by atoms with van der Waals surface area (Å²) in [4.78, 5) is 27.2. The summed E-state index contributed by atoms with van der Waals surface area (Å²) >= 11 is 0. The molecular weight excluding hydrogens is 268 g/mol. The summed E-state index contributed by atoms with van der Waals surface area (Å²) < 4.78 is 0. The number of carboxylic acids is 1. The van der Waals surface area contributed by atoms with Crippen LogP contribution in [0.5, 0.6) is 0 Å². The van der Waals surface area contributed by atoms with Gasteiger partial charge in [-0.05, 0) is 43.0 Å². The number of hydrogen-bond acceptors (Lipinski definition) is 2. The van der Waals surface area contributed by atoms with E-state index >= 15 is 0 Å². The lowest BCUT2D eigenvalue weighted by Crippen LogP contribution is -2.45. The molecule has 1 aromatic carbocycles. The van der Waals surface area contributed by atoms with Gasteiger partial charge in [0.05, 0.1) is 5.56 Å². The van der Waals surface area contributed by atoms with Crippen molar-refractivity contribution in [2.45, 2.75) is 33.2 Å². The van der Waals surface area contributed by atoms with E-state index in [0.717, 1.165) is 30.5 Å². The lowest BCUT2D eigenvalue weighted by molar-refractivity contribution is 0.0696. The second-order valence-electron chi connectivity index (χ2n) is 5.32. The third-order valence-electron chi connectivity index (χ3n) is 3.88. The van der Waals surface area contributed by atoms with Gasteiger partial charge < -0.3 is 14.9 Å². The summed E-state index contributed by atoms with van der Waals surface area (Å²) in [6.07, 6.45) is 1.72. The second kappa shape index (κ2) is 6.61. The van der Waals surface area contributed by atoms with Gasteiger partial charge in [-0.2, -0.15) is 0 Å². The number of carbonyl (C=O) groups excluding carboxylic acids is 1. The fourth-order valence-corrected chi connectivity index (χ4v) is 2.71. The normalized spacial score (nSPS) is 13.7. The maximum absolute atomic E-state index is 12.5. The molecule has 114 valence electrons. The lowest BCUT2D eigenvalue weighted by Gasteiger charge is -2.33. The summed E-state index contributed by atoms with van der Waals surface area (Å²) in [6, 6.07) is 5.23. The molecule has 0 bridgehead atoms. The number of rotatable bonds is 4. The Kier molecular flexibility index (Phi) is 4.83. The van der Waals surface area contributed by atoms with Crippen LogP contribution in [0.2, 0.25) is 0 Å². The number of benzene rings is 1. The molecule has 2 amide bonds. The molecule has 1 aromatic rings. The van der Waals surface area contributed by atoms with Gasteiger partial charge in [-0.1, -0.05) is 13.0 Å². The van der Waals surface area contributed by atoms with Crippen LogP contribution in [0.1, 0.15) is 41.8 Å². The van der Waals surface area contributed by atoms with E-state index in [0.29, 0.717) is 19.6 Å². The standard InChI is InChI=1S/C16H22N2O3/c1-3-8-17(4-2)16(21)18-9-7-12-5-6-13(15(19)20)10-14(12)11-18/h5-6,10H,3-4,7-9,11H2,1-2H3,(H,19,20). The molecule has 1 aliphatic heterocycles. The van der Waals surface area contributed by atoms with Crippen LogP contribution in [0.15, 0.2) is 18.2 Å². The van der Waals surface area contributed by atoms with Crippen molar-refractivity contribution in [3.63, 3.8) is 0 Å². The number of carboxylic acid groups (broad SMARTS) is 1. The quantitative estimate of drug-likeness (QED) is 0.927. The largest absolute Gasteiger partial charge is 0.478 e. The van der Waals surface area contributed by atoms with E-state index < -0.39 is 5.97 Å². The zero-order chi connectivity index (χ0) is 15.4. The molecule has 1 N–H and O–H groups in total. The number of urea groups is 1. The molecule has 1 heterocycles. The highest BCUT2D eigenvalue weighted by Crippen LogP contribution is 2.21. The first-order valence-electron chi connectivity index (χ1n) is 7.45. The van der Waals surface area contributed by atoms with Crippen LogP contribution in [-0.4, -0.2) is 46.5 Å². The van der Waals surface area contributed by atoms with Crippen molar-refractivity contribution in [3.8, 4) is 0 Å². The Hall–Kier alpha value is -2.04. The molecule has 5 nitrogen and oxygen atoms in total. The van der Waals surface area contributed by atoms with Gasteiger partial charge in [0.25, 0.3) is 0 Å². The highest BCUT2D eigenvalue weighted by atomic mass is 16.4. The van der Waals surface area contributed by atoms with Gasteiger partial charge >= 0.3 is 12.0 Å². The summed E-state index contributed by atoms with van der Waals surface area (Å²) in [6.45, 7) is 6.68. The van der Waals surface area contributed by atoms with Crippen molar-refractivity contribution in [3.05, 3.63) is 34.9 Å². The van der Waals surface area contributed by atoms with Gasteiger partial charge in [-0.3, -0.25) is 0 Å². The fourth-order valence-electron chi connectivity index (χ4n) is 2.71. The van der Waals surface area contributed by atoms with E-state index in [2.05, 4.69) is 6.92 Å². The first-order valence-corrected chi connectivity index (χ1v) is 7.45. The smallest absolute Gasteiger partial charge is 0.335 e. The Morgan fingerprint density at radius 3 is 2.67 bits per heavy atom. The number of fused-ring (bicyclic) bond motifs is 1. The van der Waals surface area contributed by atoms with Crippen molar-refractivity contribution < 1.29 is 14.7 Å². The van der Waals surface area contributed by atoms with Gasteiger partial charge in [0.2, 0.25) is 0 Å². The third-order valence-corrected chi connectivity index (χ3v) is 3.88. The van der Waals surface area contributed by atoms with E-state index in [-0.39, 0.29) is 11.6 Å². The molecule has 2 rings (SSSR count). The van der Waals surface area contributed by atoms with Gasteiger partial charge in [0, 0.05) is 26.2 Å². The molecule has 0 spiro atoms. The molecule has 0 radical (unpaired) electrons. The Morgan fingerprint density at radius 1 is 1.29 bits per heavy atom. The van der Waals surface area contributed by atoms with Gasteiger partial charge in [-0.25, -0.2) is 9.59 Å². The summed E-state index contributed by atoms with van der Waals surface area (Å²) in [7, 11) is 0. The Labute approximate surface area is 125 Å². The molecule has 0 atom stereocenters. The topological polar surface area (TPSA) is 60.9 Å². The van der Waals surface area contributed by atoms with Crippen LogP contribution in [0.4, 0.5) is 4.79 Å². The van der Waals surface area contributed by atoms with Gasteiger partial charge in [0.15, 0.2) is 0 Å². The van der Waals surface area contributed by atoms with Crippen LogP contribution in [0, 0.1) is 0 Å². The van der Waals surface area contributed by atoms with Crippen LogP contribution >= 0.6 is 0 Å². The van der Waals surface area contributed by atoms with E-state index in [1.165, 1.54) is 0 Å². The molecule has 0 saturated heterocycles. The van der Waals surface area contributed by atoms with Gasteiger partial charge in [-0.15, -0.1) is 0 Å². The Morgan fingerprint density at radius 2 is 2.05 bits per heavy atom. The number of carbonyl (C=O) groups is 2. The van der Waals surface area contributed by atoms with Crippen molar-refractivity contribution in [2.24, 2.45) is 0 Å². The van der Waals surface area contributed by atoms with E-state index in [9.17, 15) is 9.59 Å². The van der Waals surface area contributed by atoms with Crippen molar-refractivity contribution in [1.82, 2.24) is 9.80 Å². The third kappa shape index (κ3) is 3.35. The van der Waals surface area contributed by atoms with Crippen molar-refractivity contribution in [1.29, 1.82) is 0 Å². The fraction of sp³-hybridized carbons (Fsp3) is 0.500. The highest BCUT2D eigenvalue weighted by molar-refractivity contribution is 5.88. The maximum Gasteiger partial charge on any atom is 0.335 e. The monoisotopic (exact) mass is 290 g/mol. The predicted octanol–water partition coefficient (Wildman–Crippen LogP) is 2.59. The molecule has 5 heteroatoms. The number of hydrogen-bond donors (Lipinski definition) is 1. The zero-order valence-corrected chi connectivity index (χ0v) is 12.6. The first kappa shape index (κ1) is 15.4. The summed E-state index contributed by atoms with van der Waals surface area (Å²) in [5.41, 5.74) is 2.37. The van der Waals surface area contributed by atoms with Crippen LogP contribution < -0.4 is 0 Å². The van der Waals surface area contributed by atoms with E-state index in [1.807, 2.05) is 22.8 Å².